The van der Waals surface area contributed by atoms with Crippen molar-refractivity contribution in [3.63, 3.8) is 0 Å². The monoisotopic (exact) mass is 353 g/mol. The molecule has 1 aromatic carbocycles. The number of aryl methyl sites for hydroxylation is 2. The number of furan rings is 1. The van der Waals surface area contributed by atoms with Crippen LogP contribution in [0.5, 0.6) is 0 Å². The number of hydrogen-bond donors (Lipinski definition) is 0. The largest absolute Gasteiger partial charge is 0.440 e. The van der Waals surface area contributed by atoms with Gasteiger partial charge in [-0.15, -0.1) is 0 Å². The normalized spacial score (nSPS) is 14.2. The number of fused-ring (bicyclic) bond motifs is 1. The van der Waals surface area contributed by atoms with E-state index < -0.39 is 0 Å². The molecule has 2 heterocycles. The first-order valence-electron chi connectivity index (χ1n) is 6.42. The van der Waals surface area contributed by atoms with Crippen LogP contribution in [0.4, 0.5) is 5.69 Å². The zero-order valence-electron chi connectivity index (χ0n) is 11.0. The summed E-state index contributed by atoms with van der Waals surface area (Å²) in [4.78, 5) is 14.4. The average molecular weight is 355 g/mol. The lowest BCUT2D eigenvalue weighted by atomic mass is 9.98. The molecule has 20 heavy (non-hydrogen) atoms. The zero-order valence-corrected chi connectivity index (χ0v) is 13.3. The van der Waals surface area contributed by atoms with Gasteiger partial charge in [-0.25, -0.2) is 0 Å². The van der Waals surface area contributed by atoms with Gasteiger partial charge in [-0.1, -0.05) is 15.9 Å². The second-order valence-electron chi connectivity index (χ2n) is 4.89. The van der Waals surface area contributed by atoms with E-state index in [2.05, 4.69) is 22.0 Å². The summed E-state index contributed by atoms with van der Waals surface area (Å²) in [6.45, 7) is 2.72. The van der Waals surface area contributed by atoms with E-state index in [-0.39, 0.29) is 16.9 Å². The van der Waals surface area contributed by atoms with Gasteiger partial charge in [0.25, 0.3) is 5.91 Å². The Labute approximate surface area is 130 Å². The van der Waals surface area contributed by atoms with Crippen molar-refractivity contribution in [3.8, 4) is 0 Å². The summed E-state index contributed by atoms with van der Waals surface area (Å²) < 4.78 is 6.29. The van der Waals surface area contributed by atoms with Crippen molar-refractivity contribution in [3.05, 3.63) is 50.8 Å². The lowest BCUT2D eigenvalue weighted by Gasteiger charge is -2.30. The standard InChI is InChI=1S/C15H13BrClNO2/c1-9-7-11(16)8-10-3-2-6-18(14(9)10)15(19)12-4-5-13(17)20-12/h4-5,7-8H,2-3,6H2,1H3. The van der Waals surface area contributed by atoms with Crippen molar-refractivity contribution in [2.75, 3.05) is 11.4 Å². The first-order valence-corrected chi connectivity index (χ1v) is 7.59. The van der Waals surface area contributed by atoms with Gasteiger partial charge in [0.1, 0.15) is 0 Å². The molecule has 0 saturated carbocycles. The predicted molar refractivity (Wildman–Crippen MR) is 82.6 cm³/mol. The predicted octanol–water partition coefficient (Wildman–Crippen LogP) is 4.60. The van der Waals surface area contributed by atoms with Crippen molar-refractivity contribution in [1.29, 1.82) is 0 Å². The van der Waals surface area contributed by atoms with Gasteiger partial charge < -0.3 is 9.32 Å². The van der Waals surface area contributed by atoms with Crippen LogP contribution in [0.15, 0.2) is 33.2 Å². The number of benzene rings is 1. The van der Waals surface area contributed by atoms with Crippen LogP contribution in [0.2, 0.25) is 5.22 Å². The molecule has 0 atom stereocenters. The number of carbonyl (C=O) groups excluding carboxylic acids is 1. The number of hydrogen-bond acceptors (Lipinski definition) is 2. The molecule has 2 aromatic rings. The van der Waals surface area contributed by atoms with E-state index in [1.807, 2.05) is 13.0 Å². The van der Waals surface area contributed by atoms with E-state index in [9.17, 15) is 4.79 Å². The molecule has 0 unspecified atom stereocenters. The van der Waals surface area contributed by atoms with Crippen molar-refractivity contribution in [1.82, 2.24) is 0 Å². The van der Waals surface area contributed by atoms with Crippen LogP contribution < -0.4 is 4.90 Å². The Morgan fingerprint density at radius 1 is 1.40 bits per heavy atom. The molecule has 0 aliphatic carbocycles. The number of anilines is 1. The van der Waals surface area contributed by atoms with Crippen molar-refractivity contribution in [2.24, 2.45) is 0 Å². The van der Waals surface area contributed by atoms with Crippen LogP contribution in [-0.2, 0) is 6.42 Å². The van der Waals surface area contributed by atoms with Crippen LogP contribution in [0.25, 0.3) is 0 Å². The molecule has 3 nitrogen and oxygen atoms in total. The molecule has 5 heteroatoms. The molecular weight excluding hydrogens is 342 g/mol. The molecule has 0 bridgehead atoms. The third-order valence-corrected chi connectivity index (χ3v) is 4.13. The van der Waals surface area contributed by atoms with Crippen LogP contribution in [0.1, 0.15) is 28.1 Å². The Kier molecular flexibility index (Phi) is 3.61. The van der Waals surface area contributed by atoms with E-state index in [0.717, 1.165) is 28.6 Å². The smallest absolute Gasteiger partial charge is 0.294 e. The molecule has 1 aliphatic rings. The minimum Gasteiger partial charge on any atom is -0.440 e. The fourth-order valence-electron chi connectivity index (χ4n) is 2.69. The molecule has 1 aliphatic heterocycles. The fraction of sp³-hybridized carbons (Fsp3) is 0.267. The highest BCUT2D eigenvalue weighted by atomic mass is 79.9. The van der Waals surface area contributed by atoms with Crippen LogP contribution >= 0.6 is 27.5 Å². The Bertz CT molecular complexity index is 681. The number of amides is 1. The van der Waals surface area contributed by atoms with E-state index in [1.165, 1.54) is 5.56 Å². The fourth-order valence-corrected chi connectivity index (χ4v) is 3.45. The van der Waals surface area contributed by atoms with Crippen LogP contribution in [0, 0.1) is 6.92 Å². The summed E-state index contributed by atoms with van der Waals surface area (Å²) >= 11 is 9.26. The third kappa shape index (κ3) is 2.38. The van der Waals surface area contributed by atoms with Crippen LogP contribution in [-0.4, -0.2) is 12.5 Å². The highest BCUT2D eigenvalue weighted by Gasteiger charge is 2.27. The quantitative estimate of drug-likeness (QED) is 0.750. The van der Waals surface area contributed by atoms with Gasteiger partial charge in [-0.05, 0) is 66.8 Å². The lowest BCUT2D eigenvalue weighted by Crippen LogP contribution is -2.35. The second-order valence-corrected chi connectivity index (χ2v) is 6.18. The topological polar surface area (TPSA) is 33.5 Å². The molecule has 0 spiro atoms. The molecule has 104 valence electrons. The summed E-state index contributed by atoms with van der Waals surface area (Å²) in [6, 6.07) is 7.32. The average Bonchev–Trinajstić information content (AvgIpc) is 2.83. The summed E-state index contributed by atoms with van der Waals surface area (Å²) in [5, 5.41) is 0.234. The van der Waals surface area contributed by atoms with Crippen molar-refractivity contribution >= 4 is 39.1 Å². The minimum absolute atomic E-state index is 0.136. The molecule has 0 N–H and O–H groups in total. The van der Waals surface area contributed by atoms with Crippen molar-refractivity contribution in [2.45, 2.75) is 19.8 Å². The Morgan fingerprint density at radius 2 is 2.20 bits per heavy atom. The SMILES string of the molecule is Cc1cc(Br)cc2c1N(C(=O)c1ccc(Cl)o1)CCC2. The maximum Gasteiger partial charge on any atom is 0.294 e. The maximum absolute atomic E-state index is 12.6. The number of rotatable bonds is 1. The van der Waals surface area contributed by atoms with Gasteiger partial charge in [0.05, 0.1) is 5.69 Å². The third-order valence-electron chi connectivity index (χ3n) is 3.47. The zero-order chi connectivity index (χ0) is 14.3. The summed E-state index contributed by atoms with van der Waals surface area (Å²) in [6.07, 6.45) is 1.93. The number of halogens is 2. The highest BCUT2D eigenvalue weighted by molar-refractivity contribution is 9.10. The van der Waals surface area contributed by atoms with E-state index in [4.69, 9.17) is 16.0 Å². The second kappa shape index (κ2) is 5.26. The van der Waals surface area contributed by atoms with E-state index in [0.29, 0.717) is 6.54 Å². The van der Waals surface area contributed by atoms with Crippen LogP contribution in [0.3, 0.4) is 0 Å². The Hall–Kier alpha value is -1.26. The Morgan fingerprint density at radius 3 is 2.90 bits per heavy atom. The lowest BCUT2D eigenvalue weighted by molar-refractivity contribution is 0.0958. The summed E-state index contributed by atoms with van der Waals surface area (Å²) in [5.41, 5.74) is 3.27. The molecule has 0 fully saturated rings. The summed E-state index contributed by atoms with van der Waals surface area (Å²) in [5.74, 6) is 0.147. The van der Waals surface area contributed by atoms with Gasteiger partial charge in [0, 0.05) is 11.0 Å². The number of carbonyl (C=O) groups is 1. The Balaban J connectivity index is 2.04. The molecule has 0 saturated heterocycles. The van der Waals surface area contributed by atoms with Crippen molar-refractivity contribution < 1.29 is 9.21 Å². The van der Waals surface area contributed by atoms with Gasteiger partial charge in [0.15, 0.2) is 11.0 Å². The highest BCUT2D eigenvalue weighted by Crippen LogP contribution is 2.34. The maximum atomic E-state index is 12.6. The molecular formula is C15H13BrClNO2. The molecule has 1 aromatic heterocycles. The summed E-state index contributed by atoms with van der Waals surface area (Å²) in [7, 11) is 0. The minimum atomic E-state index is -0.136. The first-order chi connectivity index (χ1) is 9.56. The molecule has 3 rings (SSSR count). The number of nitrogens with zero attached hydrogens (tertiary/aromatic N) is 1. The first kappa shape index (κ1) is 13.7. The van der Waals surface area contributed by atoms with Gasteiger partial charge in [0.2, 0.25) is 0 Å². The van der Waals surface area contributed by atoms with Gasteiger partial charge >= 0.3 is 0 Å². The molecule has 1 amide bonds. The van der Waals surface area contributed by atoms with E-state index >= 15 is 0 Å². The van der Waals surface area contributed by atoms with Gasteiger partial charge in [-0.3, -0.25) is 4.79 Å². The molecule has 0 radical (unpaired) electrons. The van der Waals surface area contributed by atoms with Gasteiger partial charge in [-0.2, -0.15) is 0 Å². The van der Waals surface area contributed by atoms with E-state index in [1.54, 1.807) is 17.0 Å².